The van der Waals surface area contributed by atoms with Crippen molar-refractivity contribution < 1.29 is 19.4 Å². The molecule has 2 heterocycles. The van der Waals surface area contributed by atoms with Crippen molar-refractivity contribution in [1.82, 2.24) is 10.3 Å². The van der Waals surface area contributed by atoms with Gasteiger partial charge < -0.3 is 24.9 Å². The van der Waals surface area contributed by atoms with Crippen LogP contribution in [0, 0.1) is 11.3 Å². The molecule has 4 rings (SSSR count). The van der Waals surface area contributed by atoms with Crippen LogP contribution in [0.15, 0.2) is 54.7 Å². The molecule has 7 nitrogen and oxygen atoms in total. The number of aliphatic hydroxyl groups excluding tert-OH is 1. The van der Waals surface area contributed by atoms with E-state index in [0.29, 0.717) is 18.8 Å². The maximum atomic E-state index is 12.7. The summed E-state index contributed by atoms with van der Waals surface area (Å²) in [6.45, 7) is 0.0885. The van der Waals surface area contributed by atoms with Crippen LogP contribution in [0.2, 0.25) is 0 Å². The number of amides is 1. The number of rotatable bonds is 6. The first-order chi connectivity index (χ1) is 14.2. The molecule has 3 atom stereocenters. The minimum atomic E-state index is -0.787. The highest BCUT2D eigenvalue weighted by Gasteiger charge is 2.38. The van der Waals surface area contributed by atoms with Crippen LogP contribution < -0.4 is 10.1 Å². The van der Waals surface area contributed by atoms with Crippen LogP contribution in [0.5, 0.6) is 5.75 Å². The number of para-hydroxylation sites is 1. The van der Waals surface area contributed by atoms with E-state index in [4.69, 9.17) is 14.7 Å². The molecule has 3 aromatic rings. The van der Waals surface area contributed by atoms with Crippen molar-refractivity contribution in [1.29, 1.82) is 5.26 Å². The van der Waals surface area contributed by atoms with E-state index in [1.54, 1.807) is 18.3 Å². The van der Waals surface area contributed by atoms with Gasteiger partial charge in [0.05, 0.1) is 25.1 Å². The van der Waals surface area contributed by atoms with Gasteiger partial charge in [0.2, 0.25) is 0 Å². The molecule has 3 N–H and O–H groups in total. The average Bonchev–Trinajstić information content (AvgIpc) is 3.18. The number of morpholine rings is 1. The Kier molecular flexibility index (Phi) is 5.47. The van der Waals surface area contributed by atoms with Crippen molar-refractivity contribution in [3.8, 4) is 11.8 Å². The summed E-state index contributed by atoms with van der Waals surface area (Å²) in [7, 11) is 0. The zero-order valence-corrected chi connectivity index (χ0v) is 15.7. The first-order valence-electron chi connectivity index (χ1n) is 9.43. The molecule has 1 aromatic heterocycles. The van der Waals surface area contributed by atoms with Crippen molar-refractivity contribution in [2.24, 2.45) is 0 Å². The van der Waals surface area contributed by atoms with Gasteiger partial charge >= 0.3 is 0 Å². The molecule has 0 radical (unpaired) electrons. The average molecular weight is 391 g/mol. The highest BCUT2D eigenvalue weighted by molar-refractivity contribution is 5.91. The van der Waals surface area contributed by atoms with Gasteiger partial charge in [-0.3, -0.25) is 4.79 Å². The molecule has 29 heavy (non-hydrogen) atoms. The highest BCUT2D eigenvalue weighted by Crippen LogP contribution is 2.36. The fourth-order valence-corrected chi connectivity index (χ4v) is 3.58. The van der Waals surface area contributed by atoms with Crippen molar-refractivity contribution in [3.05, 3.63) is 65.9 Å². The molecule has 1 saturated heterocycles. The molecule has 0 bridgehead atoms. The first kappa shape index (κ1) is 19.0. The summed E-state index contributed by atoms with van der Waals surface area (Å²) >= 11 is 0. The number of aromatic amines is 1. The van der Waals surface area contributed by atoms with Gasteiger partial charge in [-0.1, -0.05) is 30.3 Å². The normalized spacial score (nSPS) is 21.5. The second kappa shape index (κ2) is 8.35. The number of carbonyl (C=O) groups excluding carboxylic acids is 1. The van der Waals surface area contributed by atoms with E-state index >= 15 is 0 Å². The lowest BCUT2D eigenvalue weighted by atomic mass is 9.97. The Bertz CT molecular complexity index is 1040. The number of hydrogen-bond donors (Lipinski definition) is 3. The van der Waals surface area contributed by atoms with E-state index in [2.05, 4.69) is 10.3 Å². The monoisotopic (exact) mass is 391 g/mol. The molecule has 0 aliphatic carbocycles. The summed E-state index contributed by atoms with van der Waals surface area (Å²) in [5, 5.41) is 22.2. The molecule has 1 amide bonds. The van der Waals surface area contributed by atoms with Gasteiger partial charge in [-0.25, -0.2) is 0 Å². The van der Waals surface area contributed by atoms with Gasteiger partial charge in [0.25, 0.3) is 5.91 Å². The molecule has 0 saturated carbocycles. The summed E-state index contributed by atoms with van der Waals surface area (Å²) in [6, 6.07) is 16.5. The molecule has 1 unspecified atom stereocenters. The van der Waals surface area contributed by atoms with E-state index in [1.165, 1.54) is 0 Å². The zero-order valence-electron chi connectivity index (χ0n) is 15.7. The van der Waals surface area contributed by atoms with E-state index < -0.39 is 18.2 Å². The van der Waals surface area contributed by atoms with Crippen LogP contribution in [0.4, 0.5) is 0 Å². The Morgan fingerprint density at radius 2 is 1.97 bits per heavy atom. The molecule has 1 aliphatic heterocycles. The SMILES string of the molecule is N#CCCOc1ccc([C@H]2OC(c3c[nH]c4ccccc34)C(=O)N[C@@H]2CO)cc1. The summed E-state index contributed by atoms with van der Waals surface area (Å²) in [5.74, 6) is 0.374. The van der Waals surface area contributed by atoms with Crippen molar-refractivity contribution >= 4 is 16.8 Å². The second-order valence-electron chi connectivity index (χ2n) is 6.85. The third-order valence-electron chi connectivity index (χ3n) is 5.01. The molecule has 1 aliphatic rings. The number of hydrogen-bond acceptors (Lipinski definition) is 5. The quantitative estimate of drug-likeness (QED) is 0.560. The molecule has 0 spiro atoms. The fraction of sp³-hybridized carbons (Fsp3) is 0.273. The number of nitrogens with zero attached hydrogens (tertiary/aromatic N) is 1. The van der Waals surface area contributed by atoms with Gasteiger partial charge in [-0.05, 0) is 23.8 Å². The summed E-state index contributed by atoms with van der Waals surface area (Å²) in [5.41, 5.74) is 2.51. The Balaban J connectivity index is 1.59. The maximum absolute atomic E-state index is 12.7. The van der Waals surface area contributed by atoms with Gasteiger partial charge in [-0.15, -0.1) is 0 Å². The van der Waals surface area contributed by atoms with Crippen molar-refractivity contribution in [2.75, 3.05) is 13.2 Å². The van der Waals surface area contributed by atoms with Crippen LogP contribution in [0.3, 0.4) is 0 Å². The Labute approximate surface area is 167 Å². The van der Waals surface area contributed by atoms with Gasteiger partial charge in [-0.2, -0.15) is 5.26 Å². The molecule has 1 fully saturated rings. The standard InChI is InChI=1S/C22H21N3O4/c23-10-3-11-28-15-8-6-14(7-9-15)20-19(13-26)25-22(27)21(29-20)17-12-24-18-5-2-1-4-16(17)18/h1-2,4-9,12,19-21,24,26H,3,11,13H2,(H,25,27)/t19-,20-,21?/m1/s1. The van der Waals surface area contributed by atoms with E-state index in [-0.39, 0.29) is 12.5 Å². The topological polar surface area (TPSA) is 107 Å². The van der Waals surface area contributed by atoms with Crippen LogP contribution in [-0.4, -0.2) is 35.3 Å². The van der Waals surface area contributed by atoms with Gasteiger partial charge in [0.15, 0.2) is 6.10 Å². The molecule has 2 aromatic carbocycles. The second-order valence-corrected chi connectivity index (χ2v) is 6.85. The number of benzene rings is 2. The third-order valence-corrected chi connectivity index (χ3v) is 5.01. The number of nitriles is 1. The van der Waals surface area contributed by atoms with E-state index in [9.17, 15) is 9.90 Å². The van der Waals surface area contributed by atoms with Crippen LogP contribution in [0.1, 0.15) is 29.8 Å². The molecular formula is C22H21N3O4. The fourth-order valence-electron chi connectivity index (χ4n) is 3.58. The van der Waals surface area contributed by atoms with Crippen LogP contribution >= 0.6 is 0 Å². The number of aromatic nitrogens is 1. The lowest BCUT2D eigenvalue weighted by Gasteiger charge is -2.36. The first-order valence-corrected chi connectivity index (χ1v) is 9.43. The van der Waals surface area contributed by atoms with Gasteiger partial charge in [0.1, 0.15) is 18.5 Å². The largest absolute Gasteiger partial charge is 0.493 e. The van der Waals surface area contributed by atoms with Gasteiger partial charge in [0, 0.05) is 22.7 Å². The number of carbonyl (C=O) groups is 1. The smallest absolute Gasteiger partial charge is 0.254 e. The van der Waals surface area contributed by atoms with Crippen LogP contribution in [0.25, 0.3) is 10.9 Å². The molecule has 7 heteroatoms. The number of H-pyrrole nitrogens is 1. The lowest BCUT2D eigenvalue weighted by molar-refractivity contribution is -0.152. The van der Waals surface area contributed by atoms with E-state index in [0.717, 1.165) is 22.0 Å². The summed E-state index contributed by atoms with van der Waals surface area (Å²) in [6.07, 6.45) is 0.811. The zero-order chi connectivity index (χ0) is 20.2. The van der Waals surface area contributed by atoms with Crippen molar-refractivity contribution in [3.63, 3.8) is 0 Å². The molecular weight excluding hydrogens is 370 g/mol. The van der Waals surface area contributed by atoms with E-state index in [1.807, 2.05) is 42.5 Å². The molecule has 148 valence electrons. The number of fused-ring (bicyclic) bond motifs is 1. The Morgan fingerprint density at radius 3 is 2.72 bits per heavy atom. The minimum Gasteiger partial charge on any atom is -0.493 e. The minimum absolute atomic E-state index is 0.239. The number of ether oxygens (including phenoxy) is 2. The lowest BCUT2D eigenvalue weighted by Crippen LogP contribution is -2.50. The number of aliphatic hydroxyl groups is 1. The van der Waals surface area contributed by atoms with Crippen molar-refractivity contribution in [2.45, 2.75) is 24.7 Å². The summed E-state index contributed by atoms with van der Waals surface area (Å²) < 4.78 is 11.7. The summed E-state index contributed by atoms with van der Waals surface area (Å²) in [4.78, 5) is 15.8. The third kappa shape index (κ3) is 3.81. The number of nitrogens with one attached hydrogen (secondary N) is 2. The predicted octanol–water partition coefficient (Wildman–Crippen LogP) is 2.75. The Morgan fingerprint density at radius 1 is 1.17 bits per heavy atom. The van der Waals surface area contributed by atoms with Crippen LogP contribution in [-0.2, 0) is 9.53 Å². The maximum Gasteiger partial charge on any atom is 0.254 e. The highest BCUT2D eigenvalue weighted by atomic mass is 16.5. The Hall–Kier alpha value is -3.34. The predicted molar refractivity (Wildman–Crippen MR) is 106 cm³/mol.